The monoisotopic (exact) mass is 236 g/mol. The van der Waals surface area contributed by atoms with Crippen LogP contribution in [0.4, 0.5) is 0 Å². The Bertz CT molecular complexity index is 341. The summed E-state index contributed by atoms with van der Waals surface area (Å²) < 4.78 is 10.5. The molecule has 1 saturated carbocycles. The summed E-state index contributed by atoms with van der Waals surface area (Å²) >= 11 is 0. The molecule has 4 nitrogen and oxygen atoms in total. The standard InChI is InChI=1S/C13H20N2O2/c1-16-13(17-2)12(15-14)11-8-10(11)9-6-4-3-5-7-9/h3-7,10-13,15H,8,14H2,1-2H3. The minimum absolute atomic E-state index is 0.0372. The first-order valence-corrected chi connectivity index (χ1v) is 5.88. The fourth-order valence-electron chi connectivity index (χ4n) is 2.49. The summed E-state index contributed by atoms with van der Waals surface area (Å²) in [6.07, 6.45) is 0.834. The van der Waals surface area contributed by atoms with Crippen LogP contribution in [0.25, 0.3) is 0 Å². The van der Waals surface area contributed by atoms with Gasteiger partial charge in [-0.25, -0.2) is 0 Å². The van der Waals surface area contributed by atoms with Crippen LogP contribution in [0.3, 0.4) is 0 Å². The smallest absolute Gasteiger partial charge is 0.173 e. The van der Waals surface area contributed by atoms with E-state index < -0.39 is 0 Å². The van der Waals surface area contributed by atoms with Crippen molar-refractivity contribution in [3.05, 3.63) is 35.9 Å². The van der Waals surface area contributed by atoms with Gasteiger partial charge in [-0.05, 0) is 23.8 Å². The number of benzene rings is 1. The van der Waals surface area contributed by atoms with Gasteiger partial charge in [0.15, 0.2) is 6.29 Å². The van der Waals surface area contributed by atoms with Crippen molar-refractivity contribution >= 4 is 0 Å². The summed E-state index contributed by atoms with van der Waals surface area (Å²) in [7, 11) is 3.27. The molecule has 94 valence electrons. The number of nitrogens with two attached hydrogens (primary N) is 1. The summed E-state index contributed by atoms with van der Waals surface area (Å²) in [5.74, 6) is 6.64. The van der Waals surface area contributed by atoms with Crippen molar-refractivity contribution in [1.82, 2.24) is 5.43 Å². The van der Waals surface area contributed by atoms with Crippen molar-refractivity contribution in [1.29, 1.82) is 0 Å². The molecule has 0 spiro atoms. The Hall–Kier alpha value is -0.940. The molecule has 3 unspecified atom stereocenters. The molecular weight excluding hydrogens is 216 g/mol. The quantitative estimate of drug-likeness (QED) is 0.443. The topological polar surface area (TPSA) is 56.5 Å². The second-order valence-electron chi connectivity index (χ2n) is 4.45. The van der Waals surface area contributed by atoms with Crippen LogP contribution in [0.1, 0.15) is 17.9 Å². The van der Waals surface area contributed by atoms with Crippen molar-refractivity contribution in [2.24, 2.45) is 11.8 Å². The Kier molecular flexibility index (Phi) is 4.12. The molecule has 0 aliphatic heterocycles. The van der Waals surface area contributed by atoms with Gasteiger partial charge in [0, 0.05) is 14.2 Å². The zero-order valence-corrected chi connectivity index (χ0v) is 10.3. The Labute approximate surface area is 102 Å². The maximum atomic E-state index is 5.60. The minimum Gasteiger partial charge on any atom is -0.354 e. The van der Waals surface area contributed by atoms with Gasteiger partial charge in [0.2, 0.25) is 0 Å². The van der Waals surface area contributed by atoms with E-state index in [1.54, 1.807) is 14.2 Å². The first kappa shape index (κ1) is 12.5. The van der Waals surface area contributed by atoms with E-state index in [1.165, 1.54) is 5.56 Å². The number of nitrogens with one attached hydrogen (secondary N) is 1. The second kappa shape index (κ2) is 5.60. The third-order valence-corrected chi connectivity index (χ3v) is 3.48. The van der Waals surface area contributed by atoms with Gasteiger partial charge in [0.1, 0.15) is 0 Å². The van der Waals surface area contributed by atoms with E-state index in [-0.39, 0.29) is 12.3 Å². The maximum Gasteiger partial charge on any atom is 0.173 e. The minimum atomic E-state index is -0.293. The summed E-state index contributed by atoms with van der Waals surface area (Å²) in [6, 6.07) is 10.5. The molecule has 1 aromatic rings. The zero-order valence-electron chi connectivity index (χ0n) is 10.3. The first-order chi connectivity index (χ1) is 8.31. The molecule has 0 heterocycles. The maximum absolute atomic E-state index is 5.60. The van der Waals surface area contributed by atoms with Gasteiger partial charge < -0.3 is 9.47 Å². The zero-order chi connectivity index (χ0) is 12.3. The van der Waals surface area contributed by atoms with Crippen molar-refractivity contribution in [3.8, 4) is 0 Å². The molecule has 17 heavy (non-hydrogen) atoms. The van der Waals surface area contributed by atoms with Gasteiger partial charge in [-0.15, -0.1) is 0 Å². The Balaban J connectivity index is 2.01. The Morgan fingerprint density at radius 3 is 2.41 bits per heavy atom. The first-order valence-electron chi connectivity index (χ1n) is 5.88. The molecule has 2 rings (SSSR count). The van der Waals surface area contributed by atoms with Crippen molar-refractivity contribution in [3.63, 3.8) is 0 Å². The fraction of sp³-hybridized carbons (Fsp3) is 0.538. The summed E-state index contributed by atoms with van der Waals surface area (Å²) in [5.41, 5.74) is 4.18. The molecule has 0 saturated heterocycles. The van der Waals surface area contributed by atoms with Gasteiger partial charge in [-0.3, -0.25) is 11.3 Å². The van der Waals surface area contributed by atoms with Gasteiger partial charge in [0.05, 0.1) is 6.04 Å². The van der Waals surface area contributed by atoms with Crippen LogP contribution >= 0.6 is 0 Å². The van der Waals surface area contributed by atoms with Gasteiger partial charge in [-0.1, -0.05) is 30.3 Å². The molecule has 1 fully saturated rings. The highest BCUT2D eigenvalue weighted by Gasteiger charge is 2.46. The highest BCUT2D eigenvalue weighted by atomic mass is 16.7. The van der Waals surface area contributed by atoms with Crippen LogP contribution in [-0.4, -0.2) is 26.6 Å². The number of rotatable bonds is 6. The molecule has 1 aliphatic carbocycles. The van der Waals surface area contributed by atoms with Crippen LogP contribution in [0.5, 0.6) is 0 Å². The molecular formula is C13H20N2O2. The van der Waals surface area contributed by atoms with Crippen molar-refractivity contribution < 1.29 is 9.47 Å². The third kappa shape index (κ3) is 2.66. The van der Waals surface area contributed by atoms with E-state index in [2.05, 4.69) is 29.7 Å². The molecule has 0 radical (unpaired) electrons. The van der Waals surface area contributed by atoms with Crippen LogP contribution in [0.15, 0.2) is 30.3 Å². The average Bonchev–Trinajstić information content (AvgIpc) is 3.17. The lowest BCUT2D eigenvalue weighted by molar-refractivity contribution is -0.127. The van der Waals surface area contributed by atoms with Gasteiger partial charge in [-0.2, -0.15) is 0 Å². The molecule has 3 atom stereocenters. The second-order valence-corrected chi connectivity index (χ2v) is 4.45. The molecule has 4 heteroatoms. The molecule has 3 N–H and O–H groups in total. The summed E-state index contributed by atoms with van der Waals surface area (Å²) in [4.78, 5) is 0. The highest BCUT2D eigenvalue weighted by molar-refractivity contribution is 5.26. The molecule has 0 bridgehead atoms. The number of hydrogen-bond donors (Lipinski definition) is 2. The van der Waals surface area contributed by atoms with Gasteiger partial charge in [0.25, 0.3) is 0 Å². The van der Waals surface area contributed by atoms with Crippen LogP contribution in [-0.2, 0) is 9.47 Å². The molecule has 1 aromatic carbocycles. The SMILES string of the molecule is COC(OC)C(NN)C1CC1c1ccccc1. The van der Waals surface area contributed by atoms with E-state index in [9.17, 15) is 0 Å². The van der Waals surface area contributed by atoms with E-state index in [1.807, 2.05) is 6.07 Å². The predicted molar refractivity (Wildman–Crippen MR) is 66.2 cm³/mol. The van der Waals surface area contributed by atoms with E-state index in [0.717, 1.165) is 6.42 Å². The summed E-state index contributed by atoms with van der Waals surface area (Å²) in [6.45, 7) is 0. The average molecular weight is 236 g/mol. The van der Waals surface area contributed by atoms with E-state index in [0.29, 0.717) is 11.8 Å². The molecule has 0 aromatic heterocycles. The van der Waals surface area contributed by atoms with Crippen molar-refractivity contribution in [2.45, 2.75) is 24.7 Å². The number of ether oxygens (including phenoxy) is 2. The van der Waals surface area contributed by atoms with Crippen LogP contribution in [0.2, 0.25) is 0 Å². The fourth-order valence-corrected chi connectivity index (χ4v) is 2.49. The number of hydrogen-bond acceptors (Lipinski definition) is 4. The lowest BCUT2D eigenvalue weighted by atomic mass is 10.1. The lowest BCUT2D eigenvalue weighted by Crippen LogP contribution is -2.47. The van der Waals surface area contributed by atoms with Crippen LogP contribution in [0, 0.1) is 5.92 Å². The van der Waals surface area contributed by atoms with E-state index >= 15 is 0 Å². The molecule has 1 aliphatic rings. The summed E-state index contributed by atoms with van der Waals surface area (Å²) in [5, 5.41) is 0. The van der Waals surface area contributed by atoms with Crippen LogP contribution < -0.4 is 11.3 Å². The van der Waals surface area contributed by atoms with Crippen molar-refractivity contribution in [2.75, 3.05) is 14.2 Å². The normalized spacial score (nSPS) is 24.9. The Morgan fingerprint density at radius 1 is 1.24 bits per heavy atom. The molecule has 0 amide bonds. The number of hydrazine groups is 1. The predicted octanol–water partition coefficient (Wildman–Crippen LogP) is 1.24. The Morgan fingerprint density at radius 2 is 1.88 bits per heavy atom. The van der Waals surface area contributed by atoms with E-state index in [4.69, 9.17) is 15.3 Å². The van der Waals surface area contributed by atoms with Gasteiger partial charge >= 0.3 is 0 Å². The third-order valence-electron chi connectivity index (χ3n) is 3.48. The lowest BCUT2D eigenvalue weighted by Gasteiger charge is -2.24. The number of methoxy groups -OCH3 is 2. The largest absolute Gasteiger partial charge is 0.354 e. The highest BCUT2D eigenvalue weighted by Crippen LogP contribution is 2.50.